The predicted molar refractivity (Wildman–Crippen MR) is 215 cm³/mol. The minimum atomic E-state index is 0.887. The van der Waals surface area contributed by atoms with Crippen LogP contribution in [0.2, 0.25) is 0 Å². The monoisotopic (exact) mass is 664 g/mol. The first kappa shape index (κ1) is 27.7. The van der Waals surface area contributed by atoms with Crippen LogP contribution in [0, 0.1) is 0 Å². The molecule has 0 spiro atoms. The Bertz CT molecular complexity index is 3190. The molecular formula is C48H28N2O2. The lowest BCUT2D eigenvalue weighted by molar-refractivity contribution is 0.669. The number of benzene rings is 8. The molecule has 0 aliphatic rings. The van der Waals surface area contributed by atoms with Gasteiger partial charge >= 0.3 is 0 Å². The SMILES string of the molecule is c1ccc(-n2c3ccccc3c3cc4c(cc32)oc2ccccc24)c(-c2ccccc2-n2c3ccccc3c3cc4c(cc32)oc2ccccc24)c1. The van der Waals surface area contributed by atoms with E-state index in [0.717, 1.165) is 88.4 Å². The van der Waals surface area contributed by atoms with E-state index < -0.39 is 0 Å². The molecule has 52 heavy (non-hydrogen) atoms. The first-order chi connectivity index (χ1) is 25.8. The van der Waals surface area contributed by atoms with Gasteiger partial charge in [-0.05, 0) is 48.5 Å². The molecular weight excluding hydrogens is 637 g/mol. The molecule has 4 heterocycles. The van der Waals surface area contributed by atoms with Crippen LogP contribution in [-0.4, -0.2) is 9.13 Å². The molecule has 8 aromatic carbocycles. The number of nitrogens with zero attached hydrogens (tertiary/aromatic N) is 2. The van der Waals surface area contributed by atoms with Gasteiger partial charge in [-0.1, -0.05) is 109 Å². The van der Waals surface area contributed by atoms with Crippen molar-refractivity contribution in [3.8, 4) is 22.5 Å². The minimum absolute atomic E-state index is 0.887. The molecule has 0 aliphatic carbocycles. The van der Waals surface area contributed by atoms with Gasteiger partial charge in [-0.25, -0.2) is 0 Å². The van der Waals surface area contributed by atoms with Crippen molar-refractivity contribution < 1.29 is 8.83 Å². The Kier molecular flexibility index (Phi) is 5.47. The molecule has 0 saturated carbocycles. The number of para-hydroxylation sites is 6. The van der Waals surface area contributed by atoms with Crippen LogP contribution in [0.4, 0.5) is 0 Å². The average Bonchev–Trinajstić information content (AvgIpc) is 3.93. The Balaban J connectivity index is 1.15. The van der Waals surface area contributed by atoms with Crippen molar-refractivity contribution >= 4 is 87.5 Å². The lowest BCUT2D eigenvalue weighted by atomic mass is 10.0. The second-order valence-corrected chi connectivity index (χ2v) is 13.7. The highest BCUT2D eigenvalue weighted by Gasteiger charge is 2.22. The second-order valence-electron chi connectivity index (χ2n) is 13.7. The molecule has 0 amide bonds. The van der Waals surface area contributed by atoms with Gasteiger partial charge in [-0.3, -0.25) is 0 Å². The van der Waals surface area contributed by atoms with Crippen molar-refractivity contribution in [3.05, 3.63) is 170 Å². The first-order valence-electron chi connectivity index (χ1n) is 17.7. The summed E-state index contributed by atoms with van der Waals surface area (Å²) in [4.78, 5) is 0. The van der Waals surface area contributed by atoms with Crippen LogP contribution < -0.4 is 0 Å². The highest BCUT2D eigenvalue weighted by atomic mass is 16.3. The molecule has 4 aromatic heterocycles. The topological polar surface area (TPSA) is 36.1 Å². The summed E-state index contributed by atoms with van der Waals surface area (Å²) >= 11 is 0. The summed E-state index contributed by atoms with van der Waals surface area (Å²) in [7, 11) is 0. The molecule has 0 atom stereocenters. The summed E-state index contributed by atoms with van der Waals surface area (Å²) in [6, 6.07) is 60.6. The first-order valence-corrected chi connectivity index (χ1v) is 17.7. The van der Waals surface area contributed by atoms with Gasteiger partial charge in [0.05, 0.1) is 33.4 Å². The molecule has 12 aromatic rings. The zero-order valence-corrected chi connectivity index (χ0v) is 27.9. The highest BCUT2D eigenvalue weighted by molar-refractivity contribution is 6.19. The van der Waals surface area contributed by atoms with Crippen LogP contribution in [0.1, 0.15) is 0 Å². The molecule has 4 heteroatoms. The Morgan fingerprint density at radius 2 is 0.654 bits per heavy atom. The van der Waals surface area contributed by atoms with Crippen molar-refractivity contribution in [3.63, 3.8) is 0 Å². The summed E-state index contributed by atoms with van der Waals surface area (Å²) < 4.78 is 17.7. The van der Waals surface area contributed by atoms with Gasteiger partial charge in [0.1, 0.15) is 22.3 Å². The third kappa shape index (κ3) is 3.70. The van der Waals surface area contributed by atoms with Gasteiger partial charge < -0.3 is 18.0 Å². The number of rotatable bonds is 3. The predicted octanol–water partition coefficient (Wildman–Crippen LogP) is 13.3. The van der Waals surface area contributed by atoms with Crippen LogP contribution in [0.5, 0.6) is 0 Å². The van der Waals surface area contributed by atoms with E-state index in [4.69, 9.17) is 8.83 Å². The van der Waals surface area contributed by atoms with E-state index in [1.54, 1.807) is 0 Å². The fraction of sp³-hybridized carbons (Fsp3) is 0. The Labute approximate surface area is 296 Å². The van der Waals surface area contributed by atoms with E-state index in [0.29, 0.717) is 0 Å². The van der Waals surface area contributed by atoms with Gasteiger partial charge in [-0.15, -0.1) is 0 Å². The van der Waals surface area contributed by atoms with Crippen LogP contribution >= 0.6 is 0 Å². The fourth-order valence-corrected chi connectivity index (χ4v) is 8.69. The highest BCUT2D eigenvalue weighted by Crippen LogP contribution is 2.43. The molecule has 0 bridgehead atoms. The number of hydrogen-bond acceptors (Lipinski definition) is 2. The van der Waals surface area contributed by atoms with Gasteiger partial charge in [-0.2, -0.15) is 0 Å². The van der Waals surface area contributed by atoms with Gasteiger partial charge in [0, 0.05) is 66.3 Å². The second kappa shape index (κ2) is 10.3. The van der Waals surface area contributed by atoms with Crippen molar-refractivity contribution in [1.82, 2.24) is 9.13 Å². The number of aromatic nitrogens is 2. The summed E-state index contributed by atoms with van der Waals surface area (Å²) in [5.41, 5.74) is 12.6. The van der Waals surface area contributed by atoms with E-state index in [2.05, 4.69) is 155 Å². The maximum atomic E-state index is 6.44. The lowest BCUT2D eigenvalue weighted by Gasteiger charge is -2.18. The lowest BCUT2D eigenvalue weighted by Crippen LogP contribution is -2.01. The number of furan rings is 2. The third-order valence-electron chi connectivity index (χ3n) is 10.9. The average molecular weight is 665 g/mol. The van der Waals surface area contributed by atoms with Gasteiger partial charge in [0.15, 0.2) is 0 Å². The standard InChI is InChI=1S/C48H28N2O2/c1-7-19-39(49-41-21-9-3-15-31(41)35-25-37-33-17-5-11-23-45(33)51-47(37)27-43(35)49)29(13-1)30-14-2-8-20-40(30)50-42-22-10-4-16-32(42)36-26-38-34-18-6-12-24-46(34)52-48(38)28-44(36)50/h1-28H. The molecule has 0 saturated heterocycles. The van der Waals surface area contributed by atoms with E-state index >= 15 is 0 Å². The molecule has 0 fully saturated rings. The van der Waals surface area contributed by atoms with E-state index in [-0.39, 0.29) is 0 Å². The van der Waals surface area contributed by atoms with Crippen molar-refractivity contribution in [2.75, 3.05) is 0 Å². The summed E-state index contributed by atoms with van der Waals surface area (Å²) in [5.74, 6) is 0. The maximum absolute atomic E-state index is 6.44. The maximum Gasteiger partial charge on any atom is 0.137 e. The van der Waals surface area contributed by atoms with Gasteiger partial charge in [0.25, 0.3) is 0 Å². The quantitative estimate of drug-likeness (QED) is 0.188. The Morgan fingerprint density at radius 1 is 0.269 bits per heavy atom. The molecule has 4 nitrogen and oxygen atoms in total. The van der Waals surface area contributed by atoms with E-state index in [9.17, 15) is 0 Å². The largest absolute Gasteiger partial charge is 0.456 e. The van der Waals surface area contributed by atoms with Crippen molar-refractivity contribution in [2.24, 2.45) is 0 Å². The van der Waals surface area contributed by atoms with Crippen LogP contribution in [0.3, 0.4) is 0 Å². The van der Waals surface area contributed by atoms with Crippen molar-refractivity contribution in [2.45, 2.75) is 0 Å². The molecule has 0 radical (unpaired) electrons. The smallest absolute Gasteiger partial charge is 0.137 e. The Hall–Kier alpha value is -7.04. The Morgan fingerprint density at radius 3 is 1.13 bits per heavy atom. The third-order valence-corrected chi connectivity index (χ3v) is 10.9. The fourth-order valence-electron chi connectivity index (χ4n) is 8.69. The number of fused-ring (bicyclic) bond motifs is 12. The van der Waals surface area contributed by atoms with Crippen molar-refractivity contribution in [1.29, 1.82) is 0 Å². The molecule has 12 rings (SSSR count). The molecule has 0 aliphatic heterocycles. The van der Waals surface area contributed by atoms with E-state index in [1.165, 1.54) is 21.5 Å². The van der Waals surface area contributed by atoms with Crippen LogP contribution in [0.25, 0.3) is 110 Å². The van der Waals surface area contributed by atoms with E-state index in [1.807, 2.05) is 24.3 Å². The van der Waals surface area contributed by atoms with Crippen LogP contribution in [-0.2, 0) is 0 Å². The number of hydrogen-bond donors (Lipinski definition) is 0. The molecule has 242 valence electrons. The molecule has 0 unspecified atom stereocenters. The zero-order valence-electron chi connectivity index (χ0n) is 27.9. The molecule has 0 N–H and O–H groups in total. The summed E-state index contributed by atoms with van der Waals surface area (Å²) in [6.45, 7) is 0. The summed E-state index contributed by atoms with van der Waals surface area (Å²) in [5, 5.41) is 9.37. The van der Waals surface area contributed by atoms with Gasteiger partial charge in [0.2, 0.25) is 0 Å². The minimum Gasteiger partial charge on any atom is -0.456 e. The summed E-state index contributed by atoms with van der Waals surface area (Å²) in [6.07, 6.45) is 0. The van der Waals surface area contributed by atoms with Crippen LogP contribution in [0.15, 0.2) is 179 Å². The normalized spacial score (nSPS) is 12.2. The zero-order chi connectivity index (χ0) is 33.9.